The second-order valence-electron chi connectivity index (χ2n) is 7.36. The van der Waals surface area contributed by atoms with Crippen LogP contribution in [0.4, 0.5) is 0 Å². The summed E-state index contributed by atoms with van der Waals surface area (Å²) in [5.41, 5.74) is 3.50. The summed E-state index contributed by atoms with van der Waals surface area (Å²) in [6.07, 6.45) is 6.01. The van der Waals surface area contributed by atoms with Crippen LogP contribution < -0.4 is 5.46 Å². The van der Waals surface area contributed by atoms with Crippen molar-refractivity contribution in [3.8, 4) is 0 Å². The summed E-state index contributed by atoms with van der Waals surface area (Å²) in [5, 5.41) is 0. The third kappa shape index (κ3) is 2.07. The highest BCUT2D eigenvalue weighted by molar-refractivity contribution is 6.64. The van der Waals surface area contributed by atoms with Gasteiger partial charge in [0.05, 0.1) is 22.2 Å². The van der Waals surface area contributed by atoms with Gasteiger partial charge in [-0.25, -0.2) is 0 Å². The fourth-order valence-electron chi connectivity index (χ4n) is 2.98. The molecule has 0 radical (unpaired) electrons. The van der Waals surface area contributed by atoms with Gasteiger partial charge < -0.3 is 9.31 Å². The van der Waals surface area contributed by atoms with E-state index in [1.165, 1.54) is 18.4 Å². The summed E-state index contributed by atoms with van der Waals surface area (Å²) in [4.78, 5) is 9.14. The fraction of sp³-hybridized carbons (Fsp3) is 0.529. The minimum atomic E-state index is -0.391. The van der Waals surface area contributed by atoms with E-state index in [9.17, 15) is 0 Å². The van der Waals surface area contributed by atoms with E-state index in [0.29, 0.717) is 5.92 Å². The van der Waals surface area contributed by atoms with Crippen molar-refractivity contribution in [2.24, 2.45) is 0 Å². The maximum Gasteiger partial charge on any atom is 0.497 e. The Morgan fingerprint density at radius 1 is 0.955 bits per heavy atom. The van der Waals surface area contributed by atoms with Gasteiger partial charge in [-0.2, -0.15) is 0 Å². The van der Waals surface area contributed by atoms with Crippen molar-refractivity contribution < 1.29 is 9.31 Å². The highest BCUT2D eigenvalue weighted by atomic mass is 16.7. The number of nitrogens with zero attached hydrogens (tertiary/aromatic N) is 2. The Morgan fingerprint density at radius 3 is 2.14 bits per heavy atom. The van der Waals surface area contributed by atoms with Gasteiger partial charge in [0.25, 0.3) is 0 Å². The number of benzene rings is 1. The van der Waals surface area contributed by atoms with Crippen LogP contribution in [0.2, 0.25) is 0 Å². The maximum absolute atomic E-state index is 6.18. The Balaban J connectivity index is 1.82. The molecule has 1 aromatic heterocycles. The molecule has 2 heterocycles. The lowest BCUT2D eigenvalue weighted by Gasteiger charge is -2.32. The van der Waals surface area contributed by atoms with Crippen LogP contribution in [0.15, 0.2) is 24.5 Å². The lowest BCUT2D eigenvalue weighted by Crippen LogP contribution is -2.41. The van der Waals surface area contributed by atoms with E-state index in [1.54, 1.807) is 12.4 Å². The molecule has 4 rings (SSSR count). The van der Waals surface area contributed by atoms with Crippen LogP contribution in [-0.4, -0.2) is 28.3 Å². The highest BCUT2D eigenvalue weighted by Gasteiger charge is 2.52. The van der Waals surface area contributed by atoms with Crippen molar-refractivity contribution in [1.82, 2.24) is 9.97 Å². The molecule has 0 atom stereocenters. The van der Waals surface area contributed by atoms with Gasteiger partial charge in [-0.3, -0.25) is 9.97 Å². The topological polar surface area (TPSA) is 44.2 Å². The minimum absolute atomic E-state index is 0.346. The molecule has 22 heavy (non-hydrogen) atoms. The van der Waals surface area contributed by atoms with E-state index in [0.717, 1.165) is 16.5 Å². The van der Waals surface area contributed by atoms with E-state index in [-0.39, 0.29) is 11.2 Å². The van der Waals surface area contributed by atoms with Crippen molar-refractivity contribution in [3.05, 3.63) is 30.1 Å². The van der Waals surface area contributed by atoms with Crippen LogP contribution in [0.5, 0.6) is 0 Å². The van der Waals surface area contributed by atoms with E-state index < -0.39 is 7.12 Å². The first kappa shape index (κ1) is 14.2. The zero-order valence-electron chi connectivity index (χ0n) is 13.6. The molecule has 1 saturated carbocycles. The van der Waals surface area contributed by atoms with E-state index in [1.807, 2.05) is 0 Å². The molecule has 0 unspecified atom stereocenters. The molecule has 1 saturated heterocycles. The third-order valence-electron chi connectivity index (χ3n) is 5.21. The van der Waals surface area contributed by atoms with Gasteiger partial charge in [0, 0.05) is 17.9 Å². The molecule has 0 bridgehead atoms. The molecule has 2 aliphatic rings. The molecule has 1 aliphatic heterocycles. The Labute approximate surface area is 131 Å². The van der Waals surface area contributed by atoms with Crippen molar-refractivity contribution in [3.63, 3.8) is 0 Å². The summed E-state index contributed by atoms with van der Waals surface area (Å²) >= 11 is 0. The number of hydrogen-bond donors (Lipinski definition) is 0. The van der Waals surface area contributed by atoms with Crippen molar-refractivity contribution in [2.45, 2.75) is 57.7 Å². The highest BCUT2D eigenvalue weighted by Crippen LogP contribution is 2.42. The number of hydrogen-bond acceptors (Lipinski definition) is 4. The Bertz CT molecular complexity index is 725. The lowest BCUT2D eigenvalue weighted by molar-refractivity contribution is 0.00578. The molecular weight excluding hydrogens is 275 g/mol. The Morgan fingerprint density at radius 2 is 1.55 bits per heavy atom. The fourth-order valence-corrected chi connectivity index (χ4v) is 2.98. The predicted molar refractivity (Wildman–Crippen MR) is 87.2 cm³/mol. The first-order valence-corrected chi connectivity index (χ1v) is 7.98. The van der Waals surface area contributed by atoms with E-state index in [2.05, 4.69) is 49.8 Å². The van der Waals surface area contributed by atoms with Crippen LogP contribution >= 0.6 is 0 Å². The van der Waals surface area contributed by atoms with Gasteiger partial charge in [-0.1, -0.05) is 12.1 Å². The van der Waals surface area contributed by atoms with Gasteiger partial charge in [0.15, 0.2) is 0 Å². The molecule has 1 aliphatic carbocycles. The standard InChI is InChI=1S/C17H21BN2O2/c1-16(2)17(3,4)22-18(21-16)13-8-7-12(11-5-6-11)14-15(13)20-10-9-19-14/h7-11H,5-6H2,1-4H3. The van der Waals surface area contributed by atoms with Gasteiger partial charge in [-0.15, -0.1) is 0 Å². The molecule has 0 spiro atoms. The quantitative estimate of drug-likeness (QED) is 0.799. The second kappa shape index (κ2) is 4.52. The summed E-state index contributed by atoms with van der Waals surface area (Å²) in [6, 6.07) is 4.28. The molecular formula is C17H21BN2O2. The van der Waals surface area contributed by atoms with Crippen LogP contribution in [0, 0.1) is 0 Å². The molecule has 2 aromatic rings. The molecule has 4 nitrogen and oxygen atoms in total. The van der Waals surface area contributed by atoms with Gasteiger partial charge in [0.1, 0.15) is 0 Å². The van der Waals surface area contributed by atoms with Crippen molar-refractivity contribution >= 4 is 23.6 Å². The monoisotopic (exact) mass is 296 g/mol. The number of aromatic nitrogens is 2. The molecule has 0 N–H and O–H groups in total. The average molecular weight is 296 g/mol. The van der Waals surface area contributed by atoms with Crippen LogP contribution in [0.3, 0.4) is 0 Å². The number of fused-ring (bicyclic) bond motifs is 1. The smallest absolute Gasteiger partial charge is 0.399 e. The zero-order chi connectivity index (χ0) is 15.5. The summed E-state index contributed by atoms with van der Waals surface area (Å²) in [7, 11) is -0.391. The molecule has 1 aromatic carbocycles. The molecule has 5 heteroatoms. The lowest BCUT2D eigenvalue weighted by atomic mass is 9.77. The zero-order valence-corrected chi connectivity index (χ0v) is 13.6. The Hall–Kier alpha value is -1.46. The minimum Gasteiger partial charge on any atom is -0.399 e. The first-order chi connectivity index (χ1) is 10.4. The Kier molecular flexibility index (Phi) is 2.91. The summed E-state index contributed by atoms with van der Waals surface area (Å²) in [5.74, 6) is 0.645. The van der Waals surface area contributed by atoms with E-state index in [4.69, 9.17) is 9.31 Å². The molecule has 0 amide bonds. The van der Waals surface area contributed by atoms with Crippen LogP contribution in [0.25, 0.3) is 11.0 Å². The normalized spacial score (nSPS) is 23.2. The second-order valence-corrected chi connectivity index (χ2v) is 7.36. The van der Waals surface area contributed by atoms with Gasteiger partial charge in [-0.05, 0) is 52.0 Å². The number of rotatable bonds is 2. The molecule has 2 fully saturated rings. The largest absolute Gasteiger partial charge is 0.497 e. The first-order valence-electron chi connectivity index (χ1n) is 7.98. The summed E-state index contributed by atoms with van der Waals surface area (Å²) < 4.78 is 12.4. The predicted octanol–water partition coefficient (Wildman–Crippen LogP) is 2.81. The van der Waals surface area contributed by atoms with Crippen molar-refractivity contribution in [1.29, 1.82) is 0 Å². The van der Waals surface area contributed by atoms with Crippen LogP contribution in [-0.2, 0) is 9.31 Å². The average Bonchev–Trinajstić information content (AvgIpc) is 3.26. The summed E-state index contributed by atoms with van der Waals surface area (Å²) in [6.45, 7) is 8.28. The van der Waals surface area contributed by atoms with E-state index >= 15 is 0 Å². The van der Waals surface area contributed by atoms with Crippen LogP contribution in [0.1, 0.15) is 52.0 Å². The van der Waals surface area contributed by atoms with Gasteiger partial charge >= 0.3 is 7.12 Å². The third-order valence-corrected chi connectivity index (χ3v) is 5.21. The SMILES string of the molecule is CC1(C)OB(c2ccc(C3CC3)c3nccnc23)OC1(C)C. The maximum atomic E-state index is 6.18. The van der Waals surface area contributed by atoms with Crippen molar-refractivity contribution in [2.75, 3.05) is 0 Å². The molecule has 114 valence electrons. The van der Waals surface area contributed by atoms with Gasteiger partial charge in [0.2, 0.25) is 0 Å².